The summed E-state index contributed by atoms with van der Waals surface area (Å²) in [6.07, 6.45) is 2.16. The van der Waals surface area contributed by atoms with E-state index in [2.05, 4.69) is 15.5 Å². The number of amides is 1. The number of rotatable bonds is 7. The average molecular weight is 380 g/mol. The van der Waals surface area contributed by atoms with Gasteiger partial charge in [0.05, 0.1) is 12.9 Å². The zero-order valence-electron chi connectivity index (χ0n) is 15.0. The van der Waals surface area contributed by atoms with E-state index in [9.17, 15) is 4.79 Å². The molecule has 0 bridgehead atoms. The highest BCUT2D eigenvalue weighted by atomic mass is 32.2. The Hall–Kier alpha value is -2.80. The fourth-order valence-corrected chi connectivity index (χ4v) is 3.51. The Bertz CT molecular complexity index is 938. The van der Waals surface area contributed by atoms with Gasteiger partial charge >= 0.3 is 0 Å². The van der Waals surface area contributed by atoms with Crippen molar-refractivity contribution in [2.75, 3.05) is 12.9 Å². The zero-order chi connectivity index (χ0) is 18.6. The minimum absolute atomic E-state index is 0.0352. The molecule has 4 rings (SSSR count). The number of carbonyl (C=O) groups excluding carboxylic acids is 1. The lowest BCUT2D eigenvalue weighted by Crippen LogP contribution is -2.27. The van der Waals surface area contributed by atoms with E-state index in [-0.39, 0.29) is 5.91 Å². The zero-order valence-corrected chi connectivity index (χ0v) is 15.8. The number of hydrogen-bond donors (Lipinski definition) is 1. The maximum atomic E-state index is 12.1. The van der Waals surface area contributed by atoms with Crippen molar-refractivity contribution in [2.24, 2.45) is 0 Å². The summed E-state index contributed by atoms with van der Waals surface area (Å²) in [4.78, 5) is 12.1. The van der Waals surface area contributed by atoms with Crippen LogP contribution in [0.15, 0.2) is 59.8 Å². The van der Waals surface area contributed by atoms with E-state index in [1.54, 1.807) is 7.11 Å². The Morgan fingerprint density at radius 3 is 2.74 bits per heavy atom. The second-order valence-corrected chi connectivity index (χ2v) is 7.28. The molecule has 0 unspecified atom stereocenters. The average Bonchev–Trinajstić information content (AvgIpc) is 3.42. The number of nitrogens with one attached hydrogen (secondary N) is 1. The minimum Gasteiger partial charge on any atom is -0.497 e. The van der Waals surface area contributed by atoms with Gasteiger partial charge in [0.1, 0.15) is 5.75 Å². The molecule has 7 heteroatoms. The summed E-state index contributed by atoms with van der Waals surface area (Å²) in [5.74, 6) is 1.82. The Balaban J connectivity index is 1.66. The third-order valence-electron chi connectivity index (χ3n) is 4.25. The summed E-state index contributed by atoms with van der Waals surface area (Å²) < 4.78 is 7.31. The summed E-state index contributed by atoms with van der Waals surface area (Å²) in [7, 11) is 1.64. The highest BCUT2D eigenvalue weighted by molar-refractivity contribution is 7.99. The molecular weight excluding hydrogens is 360 g/mol. The lowest BCUT2D eigenvalue weighted by Gasteiger charge is -2.11. The molecule has 1 aliphatic rings. The molecule has 1 saturated carbocycles. The Labute approximate surface area is 162 Å². The van der Waals surface area contributed by atoms with Gasteiger partial charge in [-0.3, -0.25) is 9.36 Å². The molecule has 27 heavy (non-hydrogen) atoms. The standard InChI is InChI=1S/C20H20N4O2S/c1-26-17-9-5-6-14(12-17)19-22-23-20(24(19)16-7-3-2-4-8-16)27-13-18(25)21-15-10-11-15/h2-9,12,15H,10-11,13H2,1H3,(H,21,25). The quantitative estimate of drug-likeness (QED) is 0.637. The highest BCUT2D eigenvalue weighted by Crippen LogP contribution is 2.29. The third-order valence-corrected chi connectivity index (χ3v) is 5.18. The second-order valence-electron chi connectivity index (χ2n) is 6.34. The Morgan fingerprint density at radius 1 is 1.19 bits per heavy atom. The van der Waals surface area contributed by atoms with Crippen molar-refractivity contribution >= 4 is 17.7 Å². The van der Waals surface area contributed by atoms with Crippen LogP contribution in [0.1, 0.15) is 12.8 Å². The van der Waals surface area contributed by atoms with E-state index in [0.717, 1.165) is 29.8 Å². The number of nitrogens with zero attached hydrogens (tertiary/aromatic N) is 3. The van der Waals surface area contributed by atoms with Crippen molar-refractivity contribution in [1.29, 1.82) is 0 Å². The minimum atomic E-state index is 0.0352. The first-order valence-corrected chi connectivity index (χ1v) is 9.80. The van der Waals surface area contributed by atoms with Gasteiger partial charge in [0.15, 0.2) is 11.0 Å². The maximum absolute atomic E-state index is 12.1. The molecule has 1 aliphatic carbocycles. The fourth-order valence-electron chi connectivity index (χ4n) is 2.75. The van der Waals surface area contributed by atoms with Crippen LogP contribution in [0.2, 0.25) is 0 Å². The van der Waals surface area contributed by atoms with Crippen LogP contribution in [0, 0.1) is 0 Å². The monoisotopic (exact) mass is 380 g/mol. The molecule has 1 amide bonds. The first-order chi connectivity index (χ1) is 13.2. The molecule has 1 fully saturated rings. The van der Waals surface area contributed by atoms with E-state index in [1.165, 1.54) is 11.8 Å². The molecule has 138 valence electrons. The van der Waals surface area contributed by atoms with Crippen molar-refractivity contribution < 1.29 is 9.53 Å². The summed E-state index contributed by atoms with van der Waals surface area (Å²) in [6.45, 7) is 0. The van der Waals surface area contributed by atoms with E-state index in [4.69, 9.17) is 4.74 Å². The maximum Gasteiger partial charge on any atom is 0.230 e. The van der Waals surface area contributed by atoms with Crippen LogP contribution in [0.3, 0.4) is 0 Å². The number of thioether (sulfide) groups is 1. The Kier molecular flexibility index (Phi) is 5.11. The topological polar surface area (TPSA) is 69.0 Å². The highest BCUT2D eigenvalue weighted by Gasteiger charge is 2.24. The van der Waals surface area contributed by atoms with Crippen LogP contribution in [-0.4, -0.2) is 39.6 Å². The van der Waals surface area contributed by atoms with Gasteiger partial charge in [-0.05, 0) is 37.1 Å². The second kappa shape index (κ2) is 7.84. The van der Waals surface area contributed by atoms with E-state index < -0.39 is 0 Å². The van der Waals surface area contributed by atoms with Crippen LogP contribution in [0.5, 0.6) is 5.75 Å². The van der Waals surface area contributed by atoms with Crippen LogP contribution in [-0.2, 0) is 4.79 Å². The number of para-hydroxylation sites is 1. The molecule has 6 nitrogen and oxygen atoms in total. The van der Waals surface area contributed by atoms with Gasteiger partial charge < -0.3 is 10.1 Å². The van der Waals surface area contributed by atoms with E-state index in [1.807, 2.05) is 59.2 Å². The lowest BCUT2D eigenvalue weighted by molar-refractivity contribution is -0.118. The summed E-state index contributed by atoms with van der Waals surface area (Å²) >= 11 is 1.39. The van der Waals surface area contributed by atoms with Crippen LogP contribution in [0.25, 0.3) is 17.1 Å². The van der Waals surface area contributed by atoms with Crippen LogP contribution in [0.4, 0.5) is 0 Å². The smallest absolute Gasteiger partial charge is 0.230 e. The number of aromatic nitrogens is 3. The normalized spacial score (nSPS) is 13.4. The number of hydrogen-bond acceptors (Lipinski definition) is 5. The van der Waals surface area contributed by atoms with Gasteiger partial charge in [-0.2, -0.15) is 0 Å². The molecule has 1 heterocycles. The summed E-state index contributed by atoms with van der Waals surface area (Å²) in [5, 5.41) is 12.4. The fraction of sp³-hybridized carbons (Fsp3) is 0.250. The lowest BCUT2D eigenvalue weighted by atomic mass is 10.2. The molecule has 1 N–H and O–H groups in total. The first kappa shape index (κ1) is 17.6. The van der Waals surface area contributed by atoms with Gasteiger partial charge in [-0.25, -0.2) is 0 Å². The van der Waals surface area contributed by atoms with Gasteiger partial charge in [-0.1, -0.05) is 42.1 Å². The molecule has 0 radical (unpaired) electrons. The molecule has 0 atom stereocenters. The van der Waals surface area contributed by atoms with Crippen molar-refractivity contribution in [3.8, 4) is 22.8 Å². The number of methoxy groups -OCH3 is 1. The van der Waals surface area contributed by atoms with Crippen molar-refractivity contribution in [1.82, 2.24) is 20.1 Å². The van der Waals surface area contributed by atoms with Gasteiger partial charge in [-0.15, -0.1) is 10.2 Å². The van der Waals surface area contributed by atoms with Crippen molar-refractivity contribution in [3.63, 3.8) is 0 Å². The Morgan fingerprint density at radius 2 is 2.00 bits per heavy atom. The summed E-state index contributed by atoms with van der Waals surface area (Å²) in [6, 6.07) is 18.0. The molecule has 3 aromatic rings. The number of benzene rings is 2. The molecule has 1 aromatic heterocycles. The molecular formula is C20H20N4O2S. The van der Waals surface area contributed by atoms with Crippen LogP contribution < -0.4 is 10.1 Å². The molecule has 0 spiro atoms. The molecule has 2 aromatic carbocycles. The predicted octanol–water partition coefficient (Wildman–Crippen LogP) is 3.31. The number of ether oxygens (including phenoxy) is 1. The third kappa shape index (κ3) is 4.14. The van der Waals surface area contributed by atoms with Crippen molar-refractivity contribution in [2.45, 2.75) is 24.0 Å². The van der Waals surface area contributed by atoms with Crippen molar-refractivity contribution in [3.05, 3.63) is 54.6 Å². The SMILES string of the molecule is COc1cccc(-c2nnc(SCC(=O)NC3CC3)n2-c2ccccc2)c1. The van der Waals surface area contributed by atoms with E-state index in [0.29, 0.717) is 22.8 Å². The van der Waals surface area contributed by atoms with Crippen LogP contribution >= 0.6 is 11.8 Å². The summed E-state index contributed by atoms with van der Waals surface area (Å²) in [5.41, 5.74) is 1.85. The predicted molar refractivity (Wildman–Crippen MR) is 105 cm³/mol. The largest absolute Gasteiger partial charge is 0.497 e. The van der Waals surface area contributed by atoms with E-state index >= 15 is 0 Å². The van der Waals surface area contributed by atoms with Gasteiger partial charge in [0, 0.05) is 17.3 Å². The van der Waals surface area contributed by atoms with Gasteiger partial charge in [0.2, 0.25) is 5.91 Å². The molecule has 0 aliphatic heterocycles. The van der Waals surface area contributed by atoms with Gasteiger partial charge in [0.25, 0.3) is 0 Å². The number of carbonyl (C=O) groups is 1. The first-order valence-electron chi connectivity index (χ1n) is 8.82. The molecule has 0 saturated heterocycles.